The van der Waals surface area contributed by atoms with E-state index >= 15 is 0 Å². The van der Waals surface area contributed by atoms with Gasteiger partial charge in [-0.15, -0.1) is 0 Å². The molecule has 0 bridgehead atoms. The monoisotopic (exact) mass is 307 g/mol. The minimum atomic E-state index is -4.56. The molecule has 0 spiro atoms. The number of rotatable bonds is 5. The van der Waals surface area contributed by atoms with E-state index in [4.69, 9.17) is 9.79 Å². The summed E-state index contributed by atoms with van der Waals surface area (Å²) in [7, 11) is -4.56. The molecule has 0 heterocycles. The second-order valence-electron chi connectivity index (χ2n) is 4.32. The number of phosphoric acid groups is 1. The summed E-state index contributed by atoms with van der Waals surface area (Å²) in [5.74, 6) is -0.125. The largest absolute Gasteiger partial charge is 0.524 e. The quantitative estimate of drug-likeness (QED) is 0.737. The number of benzene rings is 2. The van der Waals surface area contributed by atoms with Crippen LogP contribution in [0.5, 0.6) is 5.75 Å². The summed E-state index contributed by atoms with van der Waals surface area (Å²) in [6.07, 6.45) is 0.158. The maximum Gasteiger partial charge on any atom is 0.524 e. The number of para-hydroxylation sites is 1. The van der Waals surface area contributed by atoms with Crippen molar-refractivity contribution in [2.24, 2.45) is 0 Å². The summed E-state index contributed by atoms with van der Waals surface area (Å²) < 4.78 is 15.1. The first-order valence-corrected chi connectivity index (χ1v) is 7.64. The first kappa shape index (κ1) is 15.3. The highest BCUT2D eigenvalue weighted by molar-refractivity contribution is 7.46. The topological polar surface area (TPSA) is 95.9 Å². The van der Waals surface area contributed by atoms with E-state index in [0.717, 1.165) is 0 Å². The van der Waals surface area contributed by atoms with E-state index in [1.165, 1.54) is 12.1 Å². The molecule has 7 heteroatoms. The molecule has 2 rings (SSSR count). The molecule has 0 radical (unpaired) electrons. The van der Waals surface area contributed by atoms with Crippen molar-refractivity contribution in [2.75, 3.05) is 5.32 Å². The van der Waals surface area contributed by atoms with Crippen LogP contribution >= 0.6 is 7.82 Å². The van der Waals surface area contributed by atoms with E-state index in [2.05, 4.69) is 9.84 Å². The van der Waals surface area contributed by atoms with Gasteiger partial charge in [0.25, 0.3) is 0 Å². The third kappa shape index (κ3) is 5.39. The molecular formula is C14H14NO5P. The summed E-state index contributed by atoms with van der Waals surface area (Å²) in [4.78, 5) is 29.2. The van der Waals surface area contributed by atoms with Crippen LogP contribution in [0, 0.1) is 0 Å². The molecule has 2 aromatic carbocycles. The van der Waals surface area contributed by atoms with E-state index in [1.807, 2.05) is 18.2 Å². The van der Waals surface area contributed by atoms with Crippen LogP contribution in [-0.2, 0) is 15.8 Å². The third-order valence-electron chi connectivity index (χ3n) is 2.57. The van der Waals surface area contributed by atoms with Gasteiger partial charge in [-0.1, -0.05) is 30.3 Å². The fraction of sp³-hybridized carbons (Fsp3) is 0.0714. The lowest BCUT2D eigenvalue weighted by atomic mass is 10.1. The number of anilines is 1. The number of nitrogens with one attached hydrogen (secondary N) is 1. The summed E-state index contributed by atoms with van der Waals surface area (Å²) >= 11 is 0. The number of carbonyl (C=O) groups excluding carboxylic acids is 1. The van der Waals surface area contributed by atoms with Crippen LogP contribution < -0.4 is 9.84 Å². The zero-order valence-corrected chi connectivity index (χ0v) is 11.9. The van der Waals surface area contributed by atoms with Crippen molar-refractivity contribution >= 4 is 19.4 Å². The molecule has 0 aliphatic carbocycles. The Bertz CT molecular complexity index is 651. The average Bonchev–Trinajstić information content (AvgIpc) is 2.40. The molecule has 110 valence electrons. The molecule has 0 unspecified atom stereocenters. The Morgan fingerprint density at radius 2 is 1.67 bits per heavy atom. The zero-order chi connectivity index (χ0) is 15.3. The van der Waals surface area contributed by atoms with Crippen LogP contribution in [-0.4, -0.2) is 15.7 Å². The highest BCUT2D eigenvalue weighted by atomic mass is 31.2. The second kappa shape index (κ2) is 6.54. The number of carbonyl (C=O) groups is 1. The van der Waals surface area contributed by atoms with Crippen molar-refractivity contribution in [3.05, 3.63) is 60.2 Å². The van der Waals surface area contributed by atoms with Crippen LogP contribution in [0.25, 0.3) is 0 Å². The maximum atomic E-state index is 11.8. The SMILES string of the molecule is O=C(Cc1ccc(OP(=O)(O)O)cc1)Nc1ccccc1. The van der Waals surface area contributed by atoms with E-state index in [1.54, 1.807) is 24.3 Å². The van der Waals surface area contributed by atoms with Gasteiger partial charge in [-0.2, -0.15) is 0 Å². The smallest absolute Gasteiger partial charge is 0.404 e. The highest BCUT2D eigenvalue weighted by Crippen LogP contribution is 2.37. The fourth-order valence-electron chi connectivity index (χ4n) is 1.72. The molecular weight excluding hydrogens is 293 g/mol. The van der Waals surface area contributed by atoms with Crippen molar-refractivity contribution < 1.29 is 23.7 Å². The second-order valence-corrected chi connectivity index (χ2v) is 5.48. The van der Waals surface area contributed by atoms with Gasteiger partial charge in [0.1, 0.15) is 5.75 Å². The molecule has 0 aliphatic heterocycles. The highest BCUT2D eigenvalue weighted by Gasteiger charge is 2.15. The summed E-state index contributed by atoms with van der Waals surface area (Å²) in [5.41, 5.74) is 1.42. The van der Waals surface area contributed by atoms with Gasteiger partial charge in [0.15, 0.2) is 0 Å². The first-order valence-electron chi connectivity index (χ1n) is 6.11. The Morgan fingerprint density at radius 1 is 1.05 bits per heavy atom. The Kier molecular flexibility index (Phi) is 4.75. The normalized spacial score (nSPS) is 11.0. The molecule has 0 fully saturated rings. The molecule has 2 aromatic rings. The van der Waals surface area contributed by atoms with E-state index < -0.39 is 7.82 Å². The van der Waals surface area contributed by atoms with Crippen LogP contribution in [0.1, 0.15) is 5.56 Å². The standard InChI is InChI=1S/C14H14NO5P/c16-14(15-12-4-2-1-3-5-12)10-11-6-8-13(9-7-11)20-21(17,18)19/h1-9H,10H2,(H,15,16)(H2,17,18,19). The molecule has 6 nitrogen and oxygen atoms in total. The molecule has 0 saturated heterocycles. The molecule has 0 atom stereocenters. The number of hydrogen-bond donors (Lipinski definition) is 3. The van der Waals surface area contributed by atoms with Crippen molar-refractivity contribution in [3.63, 3.8) is 0 Å². The Morgan fingerprint density at radius 3 is 2.24 bits per heavy atom. The first-order chi connectivity index (χ1) is 9.92. The minimum absolute atomic E-state index is 0.0514. The van der Waals surface area contributed by atoms with Crippen LogP contribution in [0.4, 0.5) is 5.69 Å². The van der Waals surface area contributed by atoms with Gasteiger partial charge in [-0.05, 0) is 29.8 Å². The van der Waals surface area contributed by atoms with Crippen LogP contribution in [0.15, 0.2) is 54.6 Å². The van der Waals surface area contributed by atoms with Crippen molar-refractivity contribution in [3.8, 4) is 5.75 Å². The van der Waals surface area contributed by atoms with Crippen molar-refractivity contribution in [2.45, 2.75) is 6.42 Å². The molecule has 3 N–H and O–H groups in total. The number of hydrogen-bond acceptors (Lipinski definition) is 3. The van der Waals surface area contributed by atoms with Crippen molar-refractivity contribution in [1.29, 1.82) is 0 Å². The lowest BCUT2D eigenvalue weighted by Crippen LogP contribution is -2.14. The molecule has 0 aromatic heterocycles. The van der Waals surface area contributed by atoms with Gasteiger partial charge < -0.3 is 9.84 Å². The van der Waals surface area contributed by atoms with E-state index in [0.29, 0.717) is 11.3 Å². The Hall–Kier alpha value is -2.14. The van der Waals surface area contributed by atoms with Crippen LogP contribution in [0.3, 0.4) is 0 Å². The number of amides is 1. The lowest BCUT2D eigenvalue weighted by Gasteiger charge is -2.08. The molecule has 0 aliphatic rings. The number of phosphoric ester groups is 1. The molecule has 1 amide bonds. The fourth-order valence-corrected chi connectivity index (χ4v) is 2.11. The Labute approximate surface area is 121 Å². The zero-order valence-electron chi connectivity index (χ0n) is 11.0. The van der Waals surface area contributed by atoms with Crippen LogP contribution in [0.2, 0.25) is 0 Å². The van der Waals surface area contributed by atoms with Gasteiger partial charge in [-0.25, -0.2) is 4.57 Å². The van der Waals surface area contributed by atoms with E-state index in [9.17, 15) is 9.36 Å². The lowest BCUT2D eigenvalue weighted by molar-refractivity contribution is -0.115. The van der Waals surface area contributed by atoms with Gasteiger partial charge in [-0.3, -0.25) is 14.6 Å². The molecule has 21 heavy (non-hydrogen) atoms. The average molecular weight is 307 g/mol. The maximum absolute atomic E-state index is 11.8. The molecule has 0 saturated carbocycles. The predicted octanol–water partition coefficient (Wildman–Crippen LogP) is 2.34. The van der Waals surface area contributed by atoms with Gasteiger partial charge in [0.05, 0.1) is 6.42 Å². The minimum Gasteiger partial charge on any atom is -0.404 e. The summed E-state index contributed by atoms with van der Waals surface area (Å²) in [5, 5.41) is 2.75. The Balaban J connectivity index is 1.94. The van der Waals surface area contributed by atoms with Crippen molar-refractivity contribution in [1.82, 2.24) is 0 Å². The van der Waals surface area contributed by atoms with Gasteiger partial charge >= 0.3 is 7.82 Å². The predicted molar refractivity (Wildman–Crippen MR) is 77.9 cm³/mol. The summed E-state index contributed by atoms with van der Waals surface area (Å²) in [6.45, 7) is 0. The third-order valence-corrected chi connectivity index (χ3v) is 3.02. The van der Waals surface area contributed by atoms with Gasteiger partial charge in [0.2, 0.25) is 5.91 Å². The van der Waals surface area contributed by atoms with Gasteiger partial charge in [0, 0.05) is 5.69 Å². The van der Waals surface area contributed by atoms with E-state index in [-0.39, 0.29) is 18.1 Å². The summed E-state index contributed by atoms with van der Waals surface area (Å²) in [6, 6.07) is 15.0.